The lowest BCUT2D eigenvalue weighted by Crippen LogP contribution is -2.56. The summed E-state index contributed by atoms with van der Waals surface area (Å²) < 4.78 is 0. The van der Waals surface area contributed by atoms with Gasteiger partial charge in [-0.2, -0.15) is 11.3 Å². The molecule has 0 radical (unpaired) electrons. The van der Waals surface area contributed by atoms with Gasteiger partial charge in [-0.05, 0) is 61.2 Å². The molecule has 16 heavy (non-hydrogen) atoms. The van der Waals surface area contributed by atoms with Gasteiger partial charge >= 0.3 is 0 Å². The maximum atomic E-state index is 3.82. The minimum atomic E-state index is 0.511. The molecule has 3 fully saturated rings. The summed E-state index contributed by atoms with van der Waals surface area (Å²) in [6.07, 6.45) is 2.79. The van der Waals surface area contributed by atoms with Crippen molar-refractivity contribution < 1.29 is 0 Å². The summed E-state index contributed by atoms with van der Waals surface area (Å²) in [5.41, 5.74) is 1.45. The second-order valence-electron chi connectivity index (χ2n) is 5.19. The Morgan fingerprint density at radius 3 is 2.81 bits per heavy atom. The first-order valence-corrected chi connectivity index (χ1v) is 7.28. The van der Waals surface area contributed by atoms with Crippen LogP contribution in [-0.2, 0) is 0 Å². The molecule has 0 amide bonds. The molecule has 0 aliphatic carbocycles. The molecule has 2 atom stereocenters. The number of thiophene rings is 1. The number of hydrogen-bond donors (Lipinski definition) is 1. The van der Waals surface area contributed by atoms with E-state index in [1.54, 1.807) is 11.3 Å². The number of nitrogens with zero attached hydrogens (tertiary/aromatic N) is 1. The predicted octanol–water partition coefficient (Wildman–Crippen LogP) is 2.49. The van der Waals surface area contributed by atoms with Gasteiger partial charge in [0.25, 0.3) is 0 Å². The molecular formula is C13H20N2S. The highest BCUT2D eigenvalue weighted by Gasteiger charge is 2.34. The van der Waals surface area contributed by atoms with Crippen LogP contribution in [0.25, 0.3) is 0 Å². The summed E-state index contributed by atoms with van der Waals surface area (Å²) in [7, 11) is 0. The van der Waals surface area contributed by atoms with Gasteiger partial charge in [0.2, 0.25) is 0 Å². The molecule has 0 aromatic carbocycles. The SMILES string of the molecule is CC(NC1CN2CCC1CC2)c1ccsc1. The van der Waals surface area contributed by atoms with Crippen molar-refractivity contribution in [2.75, 3.05) is 19.6 Å². The number of nitrogens with one attached hydrogen (secondary N) is 1. The van der Waals surface area contributed by atoms with Crippen LogP contribution < -0.4 is 5.32 Å². The van der Waals surface area contributed by atoms with E-state index in [0.29, 0.717) is 6.04 Å². The molecule has 2 bridgehead atoms. The fourth-order valence-electron chi connectivity index (χ4n) is 3.09. The van der Waals surface area contributed by atoms with Gasteiger partial charge in [-0.3, -0.25) is 0 Å². The number of hydrogen-bond acceptors (Lipinski definition) is 3. The summed E-state index contributed by atoms with van der Waals surface area (Å²) >= 11 is 1.79. The second-order valence-corrected chi connectivity index (χ2v) is 5.97. The van der Waals surface area contributed by atoms with E-state index >= 15 is 0 Å². The monoisotopic (exact) mass is 236 g/mol. The van der Waals surface area contributed by atoms with Crippen LogP contribution in [0.15, 0.2) is 16.8 Å². The molecule has 1 N–H and O–H groups in total. The standard InChI is InChI=1S/C13H20N2S/c1-10(12-4-7-16-9-12)14-13-8-15-5-2-11(13)3-6-15/h4,7,9-11,13-14H,2-3,5-6,8H2,1H3. The number of rotatable bonds is 3. The highest BCUT2D eigenvalue weighted by Crippen LogP contribution is 2.29. The lowest BCUT2D eigenvalue weighted by atomic mass is 9.83. The Balaban J connectivity index is 1.62. The van der Waals surface area contributed by atoms with E-state index in [0.717, 1.165) is 12.0 Å². The molecule has 3 heteroatoms. The Hall–Kier alpha value is -0.380. The fourth-order valence-corrected chi connectivity index (χ4v) is 3.85. The molecule has 2 nitrogen and oxygen atoms in total. The van der Waals surface area contributed by atoms with Gasteiger partial charge in [-0.25, -0.2) is 0 Å². The van der Waals surface area contributed by atoms with Gasteiger partial charge in [0.15, 0.2) is 0 Å². The van der Waals surface area contributed by atoms with Crippen LogP contribution in [0.1, 0.15) is 31.4 Å². The van der Waals surface area contributed by atoms with Crippen LogP contribution in [0.3, 0.4) is 0 Å². The minimum Gasteiger partial charge on any atom is -0.306 e. The zero-order chi connectivity index (χ0) is 11.0. The first-order chi connectivity index (χ1) is 7.83. The fraction of sp³-hybridized carbons (Fsp3) is 0.692. The van der Waals surface area contributed by atoms with Crippen molar-refractivity contribution in [1.82, 2.24) is 10.2 Å². The van der Waals surface area contributed by atoms with E-state index in [-0.39, 0.29) is 0 Å². The highest BCUT2D eigenvalue weighted by atomic mass is 32.1. The van der Waals surface area contributed by atoms with Crippen LogP contribution in [0, 0.1) is 5.92 Å². The smallest absolute Gasteiger partial charge is 0.0303 e. The molecule has 4 heterocycles. The Kier molecular flexibility index (Phi) is 3.01. The zero-order valence-electron chi connectivity index (χ0n) is 9.86. The van der Waals surface area contributed by atoms with Crippen molar-refractivity contribution in [2.24, 2.45) is 5.92 Å². The Morgan fingerprint density at radius 1 is 1.44 bits per heavy atom. The van der Waals surface area contributed by atoms with Gasteiger partial charge in [-0.15, -0.1) is 0 Å². The summed E-state index contributed by atoms with van der Waals surface area (Å²) in [5, 5.41) is 8.25. The third-order valence-electron chi connectivity index (χ3n) is 4.16. The minimum absolute atomic E-state index is 0.511. The molecule has 88 valence electrons. The van der Waals surface area contributed by atoms with Crippen LogP contribution in [-0.4, -0.2) is 30.6 Å². The molecular weight excluding hydrogens is 216 g/mol. The summed E-state index contributed by atoms with van der Waals surface area (Å²) in [6, 6.07) is 3.47. The van der Waals surface area contributed by atoms with E-state index in [1.165, 1.54) is 38.0 Å². The van der Waals surface area contributed by atoms with Crippen molar-refractivity contribution in [2.45, 2.75) is 31.8 Å². The highest BCUT2D eigenvalue weighted by molar-refractivity contribution is 7.07. The zero-order valence-corrected chi connectivity index (χ0v) is 10.7. The molecule has 0 spiro atoms. The lowest BCUT2D eigenvalue weighted by molar-refractivity contribution is 0.0680. The maximum Gasteiger partial charge on any atom is 0.0303 e. The largest absolute Gasteiger partial charge is 0.306 e. The van der Waals surface area contributed by atoms with Gasteiger partial charge in [0.1, 0.15) is 0 Å². The second kappa shape index (κ2) is 4.47. The normalized spacial score (nSPS) is 35.2. The van der Waals surface area contributed by atoms with Crippen LogP contribution >= 0.6 is 11.3 Å². The van der Waals surface area contributed by atoms with E-state index in [4.69, 9.17) is 0 Å². The summed E-state index contributed by atoms with van der Waals surface area (Å²) in [5.74, 6) is 0.922. The van der Waals surface area contributed by atoms with Crippen molar-refractivity contribution in [3.63, 3.8) is 0 Å². The quantitative estimate of drug-likeness (QED) is 0.867. The third kappa shape index (κ3) is 2.04. The van der Waals surface area contributed by atoms with E-state index < -0.39 is 0 Å². The van der Waals surface area contributed by atoms with Crippen LogP contribution in [0.5, 0.6) is 0 Å². The average molecular weight is 236 g/mol. The topological polar surface area (TPSA) is 15.3 Å². The summed E-state index contributed by atoms with van der Waals surface area (Å²) in [6.45, 7) is 6.21. The molecule has 4 rings (SSSR count). The molecule has 1 aromatic heterocycles. The average Bonchev–Trinajstić information content (AvgIpc) is 2.84. The van der Waals surface area contributed by atoms with Crippen molar-refractivity contribution >= 4 is 11.3 Å². The summed E-state index contributed by atoms with van der Waals surface area (Å²) in [4.78, 5) is 2.61. The molecule has 1 aromatic rings. The Labute approximate surface area is 102 Å². The van der Waals surface area contributed by atoms with E-state index in [2.05, 4.69) is 34.0 Å². The molecule has 2 unspecified atom stereocenters. The van der Waals surface area contributed by atoms with Crippen LogP contribution in [0.2, 0.25) is 0 Å². The van der Waals surface area contributed by atoms with Gasteiger partial charge in [-0.1, -0.05) is 0 Å². The van der Waals surface area contributed by atoms with Crippen molar-refractivity contribution in [3.05, 3.63) is 22.4 Å². The van der Waals surface area contributed by atoms with Gasteiger partial charge < -0.3 is 10.2 Å². The van der Waals surface area contributed by atoms with Gasteiger partial charge in [0.05, 0.1) is 0 Å². The third-order valence-corrected chi connectivity index (χ3v) is 4.86. The van der Waals surface area contributed by atoms with Gasteiger partial charge in [0, 0.05) is 18.6 Å². The number of fused-ring (bicyclic) bond motifs is 3. The molecule has 0 saturated carbocycles. The molecule has 3 aliphatic rings. The van der Waals surface area contributed by atoms with E-state index in [9.17, 15) is 0 Å². The van der Waals surface area contributed by atoms with Crippen molar-refractivity contribution in [1.29, 1.82) is 0 Å². The molecule has 3 aliphatic heterocycles. The predicted molar refractivity (Wildman–Crippen MR) is 68.8 cm³/mol. The first kappa shape index (κ1) is 10.8. The first-order valence-electron chi connectivity index (χ1n) is 6.33. The maximum absolute atomic E-state index is 3.82. The molecule has 3 saturated heterocycles. The van der Waals surface area contributed by atoms with Crippen molar-refractivity contribution in [3.8, 4) is 0 Å². The Morgan fingerprint density at radius 2 is 2.25 bits per heavy atom. The number of piperidine rings is 3. The van der Waals surface area contributed by atoms with Crippen LogP contribution in [0.4, 0.5) is 0 Å². The van der Waals surface area contributed by atoms with E-state index in [1.807, 2.05) is 0 Å². The Bertz CT molecular complexity index is 328. The lowest BCUT2D eigenvalue weighted by Gasteiger charge is -2.46.